The van der Waals surface area contributed by atoms with Gasteiger partial charge in [0.05, 0.1) is 6.20 Å². The second-order valence-corrected chi connectivity index (χ2v) is 4.90. The van der Waals surface area contributed by atoms with Crippen LogP contribution in [0, 0.1) is 0 Å². The molecule has 0 saturated heterocycles. The Morgan fingerprint density at radius 2 is 2.05 bits per heavy atom. The van der Waals surface area contributed by atoms with Gasteiger partial charge in [-0.15, -0.1) is 0 Å². The Morgan fingerprint density at radius 1 is 1.18 bits per heavy atom. The Bertz CT molecular complexity index is 786. The highest BCUT2D eigenvalue weighted by molar-refractivity contribution is 5.88. The van der Waals surface area contributed by atoms with E-state index in [2.05, 4.69) is 14.7 Å². The van der Waals surface area contributed by atoms with E-state index < -0.39 is 6.61 Å². The van der Waals surface area contributed by atoms with Gasteiger partial charge < -0.3 is 15.5 Å². The topological polar surface area (TPSA) is 63.9 Å². The SMILES string of the molecule is NCCc1c[nH]c2ccc(-c3cncc(OC(F)F)c3)cc12. The number of halogens is 2. The molecule has 0 spiro atoms. The van der Waals surface area contributed by atoms with Gasteiger partial charge in [0.1, 0.15) is 5.75 Å². The summed E-state index contributed by atoms with van der Waals surface area (Å²) in [6.07, 6.45) is 5.60. The predicted molar refractivity (Wildman–Crippen MR) is 80.9 cm³/mol. The van der Waals surface area contributed by atoms with Crippen molar-refractivity contribution in [1.82, 2.24) is 9.97 Å². The lowest BCUT2D eigenvalue weighted by Crippen LogP contribution is -2.02. The molecule has 0 radical (unpaired) electrons. The fourth-order valence-electron chi connectivity index (χ4n) is 2.46. The first-order chi connectivity index (χ1) is 10.7. The van der Waals surface area contributed by atoms with Crippen LogP contribution in [-0.2, 0) is 6.42 Å². The van der Waals surface area contributed by atoms with Crippen LogP contribution in [0.4, 0.5) is 8.78 Å². The van der Waals surface area contributed by atoms with Crippen LogP contribution in [0.5, 0.6) is 5.75 Å². The van der Waals surface area contributed by atoms with Crippen molar-refractivity contribution in [1.29, 1.82) is 0 Å². The molecule has 0 unspecified atom stereocenters. The molecule has 2 heterocycles. The highest BCUT2D eigenvalue weighted by Gasteiger charge is 2.09. The van der Waals surface area contributed by atoms with Gasteiger partial charge in [-0.25, -0.2) is 0 Å². The largest absolute Gasteiger partial charge is 0.433 e. The number of alkyl halides is 2. The molecular formula is C16H15F2N3O. The predicted octanol–water partition coefficient (Wildman–Crippen LogP) is 3.33. The molecule has 6 heteroatoms. The van der Waals surface area contributed by atoms with E-state index in [-0.39, 0.29) is 5.75 Å². The Morgan fingerprint density at radius 3 is 2.82 bits per heavy atom. The molecule has 0 aliphatic rings. The van der Waals surface area contributed by atoms with E-state index >= 15 is 0 Å². The Labute approximate surface area is 125 Å². The molecule has 1 aromatic carbocycles. The smallest absolute Gasteiger partial charge is 0.387 e. The van der Waals surface area contributed by atoms with Crippen LogP contribution in [0.25, 0.3) is 22.0 Å². The number of hydrogen-bond acceptors (Lipinski definition) is 3. The van der Waals surface area contributed by atoms with Gasteiger partial charge in [0, 0.05) is 28.9 Å². The zero-order valence-electron chi connectivity index (χ0n) is 11.7. The van der Waals surface area contributed by atoms with Crippen molar-refractivity contribution in [2.45, 2.75) is 13.0 Å². The summed E-state index contributed by atoms with van der Waals surface area (Å²) in [6, 6.07) is 7.41. The lowest BCUT2D eigenvalue weighted by Gasteiger charge is -2.07. The Balaban J connectivity index is 2.00. The van der Waals surface area contributed by atoms with Crippen LogP contribution in [0.3, 0.4) is 0 Å². The third kappa shape index (κ3) is 2.92. The minimum atomic E-state index is -2.86. The van der Waals surface area contributed by atoms with Crippen LogP contribution >= 0.6 is 0 Å². The third-order valence-corrected chi connectivity index (χ3v) is 3.45. The summed E-state index contributed by atoms with van der Waals surface area (Å²) in [6.45, 7) is -2.29. The average Bonchev–Trinajstić information content (AvgIpc) is 2.90. The third-order valence-electron chi connectivity index (χ3n) is 3.45. The quantitative estimate of drug-likeness (QED) is 0.760. The molecule has 114 valence electrons. The van der Waals surface area contributed by atoms with E-state index in [1.807, 2.05) is 24.4 Å². The first-order valence-electron chi connectivity index (χ1n) is 6.87. The molecule has 0 aliphatic heterocycles. The summed E-state index contributed by atoms with van der Waals surface area (Å²) < 4.78 is 29.0. The molecule has 22 heavy (non-hydrogen) atoms. The number of pyridine rings is 1. The van der Waals surface area contributed by atoms with E-state index in [0.717, 1.165) is 34.0 Å². The highest BCUT2D eigenvalue weighted by Crippen LogP contribution is 2.28. The molecule has 3 rings (SSSR count). The summed E-state index contributed by atoms with van der Waals surface area (Å²) in [7, 11) is 0. The van der Waals surface area contributed by atoms with Crippen molar-refractivity contribution >= 4 is 10.9 Å². The van der Waals surface area contributed by atoms with Gasteiger partial charge in [0.15, 0.2) is 0 Å². The van der Waals surface area contributed by atoms with Gasteiger partial charge in [-0.2, -0.15) is 8.78 Å². The van der Waals surface area contributed by atoms with Gasteiger partial charge in [-0.05, 0) is 42.3 Å². The number of ether oxygens (including phenoxy) is 1. The van der Waals surface area contributed by atoms with Crippen molar-refractivity contribution in [3.05, 3.63) is 48.4 Å². The summed E-state index contributed by atoms with van der Waals surface area (Å²) in [4.78, 5) is 7.15. The van der Waals surface area contributed by atoms with Gasteiger partial charge in [-0.3, -0.25) is 4.98 Å². The van der Waals surface area contributed by atoms with Crippen molar-refractivity contribution in [2.75, 3.05) is 6.54 Å². The van der Waals surface area contributed by atoms with E-state index in [1.54, 1.807) is 12.3 Å². The molecular weight excluding hydrogens is 288 g/mol. The molecule has 0 fully saturated rings. The summed E-state index contributed by atoms with van der Waals surface area (Å²) in [5.74, 6) is 0.0452. The molecule has 0 bridgehead atoms. The maximum atomic E-state index is 12.3. The van der Waals surface area contributed by atoms with Gasteiger partial charge in [-0.1, -0.05) is 6.07 Å². The maximum Gasteiger partial charge on any atom is 0.387 e. The second kappa shape index (κ2) is 6.11. The minimum absolute atomic E-state index is 0.0452. The highest BCUT2D eigenvalue weighted by atomic mass is 19.3. The lowest BCUT2D eigenvalue weighted by molar-refractivity contribution is -0.0500. The summed E-state index contributed by atoms with van der Waals surface area (Å²) in [5, 5.41) is 1.07. The fraction of sp³-hybridized carbons (Fsp3) is 0.188. The van der Waals surface area contributed by atoms with Crippen molar-refractivity contribution in [3.8, 4) is 16.9 Å². The molecule has 2 aromatic heterocycles. The average molecular weight is 303 g/mol. The van der Waals surface area contributed by atoms with E-state index in [9.17, 15) is 8.78 Å². The number of rotatable bonds is 5. The first-order valence-corrected chi connectivity index (χ1v) is 6.87. The van der Waals surface area contributed by atoms with Gasteiger partial charge in [0.25, 0.3) is 0 Å². The maximum absolute atomic E-state index is 12.3. The number of H-pyrrole nitrogens is 1. The van der Waals surface area contributed by atoms with Crippen molar-refractivity contribution in [3.63, 3.8) is 0 Å². The standard InChI is InChI=1S/C16H15F2N3O/c17-16(18)22-13-5-12(7-20-9-13)10-1-2-15-14(6-10)11(3-4-19)8-21-15/h1-2,5-9,16,21H,3-4,19H2. The number of nitrogens with one attached hydrogen (secondary N) is 1. The zero-order valence-corrected chi connectivity index (χ0v) is 11.7. The molecule has 0 atom stereocenters. The lowest BCUT2D eigenvalue weighted by atomic mass is 10.0. The van der Waals surface area contributed by atoms with Crippen LogP contribution in [0.15, 0.2) is 42.9 Å². The van der Waals surface area contributed by atoms with E-state index in [4.69, 9.17) is 5.73 Å². The second-order valence-electron chi connectivity index (χ2n) is 4.90. The van der Waals surface area contributed by atoms with Crippen molar-refractivity contribution in [2.24, 2.45) is 5.73 Å². The van der Waals surface area contributed by atoms with Crippen LogP contribution in [-0.4, -0.2) is 23.1 Å². The van der Waals surface area contributed by atoms with Crippen LogP contribution in [0.1, 0.15) is 5.56 Å². The van der Waals surface area contributed by atoms with Gasteiger partial charge in [0.2, 0.25) is 0 Å². The van der Waals surface area contributed by atoms with E-state index in [0.29, 0.717) is 6.54 Å². The van der Waals surface area contributed by atoms with Crippen LogP contribution < -0.4 is 10.5 Å². The minimum Gasteiger partial charge on any atom is -0.433 e. The molecule has 0 aliphatic carbocycles. The molecule has 0 amide bonds. The number of aromatic nitrogens is 2. The van der Waals surface area contributed by atoms with Crippen LogP contribution in [0.2, 0.25) is 0 Å². The van der Waals surface area contributed by atoms with Crippen molar-refractivity contribution < 1.29 is 13.5 Å². The number of nitrogens with zero attached hydrogens (tertiary/aromatic N) is 1. The number of hydrogen-bond donors (Lipinski definition) is 2. The molecule has 3 N–H and O–H groups in total. The summed E-state index contributed by atoms with van der Waals surface area (Å²) in [5.41, 5.74) is 9.37. The van der Waals surface area contributed by atoms with Gasteiger partial charge >= 0.3 is 6.61 Å². The Kier molecular flexibility index (Phi) is 4.02. The number of aromatic amines is 1. The molecule has 4 nitrogen and oxygen atoms in total. The fourth-order valence-corrected chi connectivity index (χ4v) is 2.46. The number of benzene rings is 1. The Hall–Kier alpha value is -2.47. The molecule has 0 saturated carbocycles. The first kappa shape index (κ1) is 14.5. The van der Waals surface area contributed by atoms with E-state index in [1.165, 1.54) is 6.20 Å². The number of nitrogens with two attached hydrogens (primary N) is 1. The monoisotopic (exact) mass is 303 g/mol. The zero-order chi connectivity index (χ0) is 15.5. The molecule has 3 aromatic rings. The summed E-state index contributed by atoms with van der Waals surface area (Å²) >= 11 is 0. The number of fused-ring (bicyclic) bond motifs is 1. The normalized spacial score (nSPS) is 11.3.